The van der Waals surface area contributed by atoms with Gasteiger partial charge in [0, 0.05) is 17.5 Å². The van der Waals surface area contributed by atoms with Crippen molar-refractivity contribution in [3.05, 3.63) is 77.2 Å². The lowest BCUT2D eigenvalue weighted by Gasteiger charge is -2.38. The van der Waals surface area contributed by atoms with Gasteiger partial charge in [-0.05, 0) is 43.3 Å². The van der Waals surface area contributed by atoms with Gasteiger partial charge in [0.15, 0.2) is 11.5 Å². The summed E-state index contributed by atoms with van der Waals surface area (Å²) < 4.78 is 23.1. The molecular formula is C23H22N2O4. The van der Waals surface area contributed by atoms with Gasteiger partial charge >= 0.3 is 0 Å². The monoisotopic (exact) mass is 390 g/mol. The van der Waals surface area contributed by atoms with Crippen LogP contribution in [0.1, 0.15) is 41.3 Å². The molecule has 2 atom stereocenters. The van der Waals surface area contributed by atoms with E-state index in [1.807, 2.05) is 60.5 Å². The van der Waals surface area contributed by atoms with E-state index in [1.165, 1.54) is 0 Å². The Morgan fingerprint density at radius 2 is 1.83 bits per heavy atom. The summed E-state index contributed by atoms with van der Waals surface area (Å²) in [7, 11) is 3.26. The van der Waals surface area contributed by atoms with E-state index < -0.39 is 0 Å². The topological polar surface area (TPSA) is 56.4 Å². The smallest absolute Gasteiger partial charge is 0.214 e. The lowest BCUT2D eigenvalue weighted by Crippen LogP contribution is -2.33. The van der Waals surface area contributed by atoms with Crippen molar-refractivity contribution in [1.29, 1.82) is 0 Å². The SMILES string of the molecule is COc1ccc([C@H]2Oc3ccccc3[C@H]3CC(c4ccc(C)o4)=NN32)cc1OC. The van der Waals surface area contributed by atoms with E-state index in [0.717, 1.165) is 40.5 Å². The van der Waals surface area contributed by atoms with Gasteiger partial charge in [-0.15, -0.1) is 0 Å². The van der Waals surface area contributed by atoms with Crippen molar-refractivity contribution in [2.45, 2.75) is 25.6 Å². The van der Waals surface area contributed by atoms with Crippen LogP contribution >= 0.6 is 0 Å². The molecule has 0 N–H and O–H groups in total. The fraction of sp³-hybridized carbons (Fsp3) is 0.261. The zero-order valence-corrected chi connectivity index (χ0v) is 16.6. The molecule has 3 aromatic rings. The molecule has 0 fully saturated rings. The molecule has 0 spiro atoms. The highest BCUT2D eigenvalue weighted by atomic mass is 16.5. The van der Waals surface area contributed by atoms with Gasteiger partial charge in [-0.3, -0.25) is 0 Å². The van der Waals surface area contributed by atoms with Gasteiger partial charge in [0.2, 0.25) is 6.23 Å². The maximum absolute atomic E-state index is 6.39. The second-order valence-electron chi connectivity index (χ2n) is 7.18. The second kappa shape index (κ2) is 6.88. The van der Waals surface area contributed by atoms with Gasteiger partial charge < -0.3 is 18.6 Å². The van der Waals surface area contributed by atoms with Crippen molar-refractivity contribution < 1.29 is 18.6 Å². The number of ether oxygens (including phenoxy) is 3. The maximum atomic E-state index is 6.39. The van der Waals surface area contributed by atoms with Crippen molar-refractivity contribution in [1.82, 2.24) is 5.01 Å². The van der Waals surface area contributed by atoms with Crippen molar-refractivity contribution in [2.24, 2.45) is 5.10 Å². The molecule has 1 aromatic heterocycles. The standard InChI is InChI=1S/C23H22N2O4/c1-14-8-10-20(28-14)17-13-18-16-6-4-5-7-19(16)29-23(25(18)24-17)15-9-11-21(26-2)22(12-15)27-3/h4-12,18,23H,13H2,1-3H3/t18-,23-/m1/s1. The van der Waals surface area contributed by atoms with Crippen molar-refractivity contribution in [3.63, 3.8) is 0 Å². The summed E-state index contributed by atoms with van der Waals surface area (Å²) in [5.74, 6) is 3.90. The fourth-order valence-electron chi connectivity index (χ4n) is 4.00. The lowest BCUT2D eigenvalue weighted by atomic mass is 9.97. The summed E-state index contributed by atoms with van der Waals surface area (Å²) in [6, 6.07) is 18.0. The van der Waals surface area contributed by atoms with Crippen molar-refractivity contribution in [3.8, 4) is 17.2 Å². The fourth-order valence-corrected chi connectivity index (χ4v) is 4.00. The molecule has 29 heavy (non-hydrogen) atoms. The first-order valence-corrected chi connectivity index (χ1v) is 9.58. The van der Waals surface area contributed by atoms with E-state index in [9.17, 15) is 0 Å². The number of methoxy groups -OCH3 is 2. The maximum Gasteiger partial charge on any atom is 0.214 e. The molecule has 2 aliphatic rings. The van der Waals surface area contributed by atoms with Crippen LogP contribution in [0.4, 0.5) is 0 Å². The first-order valence-electron chi connectivity index (χ1n) is 9.58. The number of benzene rings is 2. The zero-order chi connectivity index (χ0) is 20.0. The summed E-state index contributed by atoms with van der Waals surface area (Å²) in [4.78, 5) is 0. The summed E-state index contributed by atoms with van der Waals surface area (Å²) in [6.45, 7) is 1.94. The molecule has 148 valence electrons. The van der Waals surface area contributed by atoms with Crippen LogP contribution in [0.25, 0.3) is 0 Å². The van der Waals surface area contributed by atoms with E-state index in [2.05, 4.69) is 6.07 Å². The van der Waals surface area contributed by atoms with Crippen LogP contribution in [0.15, 0.2) is 64.1 Å². The predicted octanol–water partition coefficient (Wildman–Crippen LogP) is 4.85. The number of hydrogen-bond donors (Lipinski definition) is 0. The number of furan rings is 1. The molecule has 2 aliphatic heterocycles. The van der Waals surface area contributed by atoms with Crippen LogP contribution in [0.5, 0.6) is 17.2 Å². The Balaban J connectivity index is 1.59. The Bertz CT molecular complexity index is 1090. The van der Waals surface area contributed by atoms with Crippen molar-refractivity contribution in [2.75, 3.05) is 14.2 Å². The number of para-hydroxylation sites is 1. The largest absolute Gasteiger partial charge is 0.493 e. The predicted molar refractivity (Wildman–Crippen MR) is 109 cm³/mol. The third-order valence-corrected chi connectivity index (χ3v) is 5.42. The highest BCUT2D eigenvalue weighted by Gasteiger charge is 2.41. The second-order valence-corrected chi connectivity index (χ2v) is 7.18. The molecule has 0 radical (unpaired) electrons. The number of hydrazone groups is 1. The number of nitrogens with zero attached hydrogens (tertiary/aromatic N) is 2. The molecule has 0 aliphatic carbocycles. The molecule has 6 heteroatoms. The van der Waals surface area contributed by atoms with E-state index in [0.29, 0.717) is 11.5 Å². The Labute approximate surface area is 169 Å². The minimum atomic E-state index is -0.372. The van der Waals surface area contributed by atoms with Gasteiger partial charge in [0.1, 0.15) is 23.0 Å². The summed E-state index contributed by atoms with van der Waals surface area (Å²) >= 11 is 0. The Kier molecular flexibility index (Phi) is 4.19. The molecule has 0 unspecified atom stereocenters. The Hall–Kier alpha value is -3.41. The van der Waals surface area contributed by atoms with Crippen LogP contribution in [0, 0.1) is 6.92 Å². The van der Waals surface area contributed by atoms with Gasteiger partial charge in [-0.2, -0.15) is 5.10 Å². The lowest BCUT2D eigenvalue weighted by molar-refractivity contribution is -0.0191. The van der Waals surface area contributed by atoms with Crippen LogP contribution in [0.3, 0.4) is 0 Å². The average molecular weight is 390 g/mol. The van der Waals surface area contributed by atoms with Crippen LogP contribution in [0.2, 0.25) is 0 Å². The first kappa shape index (κ1) is 17.7. The highest BCUT2D eigenvalue weighted by molar-refractivity contribution is 5.99. The third kappa shape index (κ3) is 2.92. The number of fused-ring (bicyclic) bond motifs is 3. The molecule has 6 nitrogen and oxygen atoms in total. The number of hydrogen-bond acceptors (Lipinski definition) is 6. The minimum Gasteiger partial charge on any atom is -0.493 e. The van der Waals surface area contributed by atoms with Crippen LogP contribution < -0.4 is 14.2 Å². The first-order chi connectivity index (χ1) is 14.2. The molecule has 3 heterocycles. The third-order valence-electron chi connectivity index (χ3n) is 5.42. The molecular weight excluding hydrogens is 368 g/mol. The van der Waals surface area contributed by atoms with Gasteiger partial charge in [0.05, 0.1) is 20.3 Å². The van der Waals surface area contributed by atoms with E-state index in [1.54, 1.807) is 14.2 Å². The Morgan fingerprint density at radius 3 is 2.59 bits per heavy atom. The zero-order valence-electron chi connectivity index (χ0n) is 16.6. The van der Waals surface area contributed by atoms with Crippen LogP contribution in [-0.2, 0) is 0 Å². The number of aryl methyl sites for hydroxylation is 1. The number of rotatable bonds is 4. The Morgan fingerprint density at radius 1 is 1.00 bits per heavy atom. The van der Waals surface area contributed by atoms with E-state index in [4.69, 9.17) is 23.7 Å². The molecule has 0 bridgehead atoms. The highest BCUT2D eigenvalue weighted by Crippen LogP contribution is 2.48. The quantitative estimate of drug-likeness (QED) is 0.638. The molecule has 0 amide bonds. The van der Waals surface area contributed by atoms with E-state index >= 15 is 0 Å². The molecule has 2 aromatic carbocycles. The molecule has 5 rings (SSSR count). The summed E-state index contributed by atoms with van der Waals surface area (Å²) in [6.07, 6.45) is 0.389. The minimum absolute atomic E-state index is 0.0819. The van der Waals surface area contributed by atoms with Crippen LogP contribution in [-0.4, -0.2) is 24.9 Å². The average Bonchev–Trinajstić information content (AvgIpc) is 3.39. The molecule has 0 saturated carbocycles. The normalized spacial score (nSPS) is 19.8. The molecule has 0 saturated heterocycles. The van der Waals surface area contributed by atoms with Gasteiger partial charge in [-0.25, -0.2) is 5.01 Å². The van der Waals surface area contributed by atoms with Crippen molar-refractivity contribution >= 4 is 5.71 Å². The summed E-state index contributed by atoms with van der Waals surface area (Å²) in [5.41, 5.74) is 3.00. The van der Waals surface area contributed by atoms with Gasteiger partial charge in [-0.1, -0.05) is 18.2 Å². The van der Waals surface area contributed by atoms with E-state index in [-0.39, 0.29) is 12.3 Å². The van der Waals surface area contributed by atoms with Gasteiger partial charge in [0.25, 0.3) is 0 Å². The summed E-state index contributed by atoms with van der Waals surface area (Å²) in [5, 5.41) is 6.93.